The normalized spacial score (nSPS) is 14.9. The van der Waals surface area contributed by atoms with Crippen LogP contribution < -0.4 is 0 Å². The van der Waals surface area contributed by atoms with E-state index in [4.69, 9.17) is 0 Å². The van der Waals surface area contributed by atoms with Crippen LogP contribution in [0.3, 0.4) is 0 Å². The Balaban J connectivity index is 1.75. The maximum Gasteiger partial charge on any atom is 0.274 e. The van der Waals surface area contributed by atoms with Gasteiger partial charge in [0, 0.05) is 19.3 Å². The van der Waals surface area contributed by atoms with E-state index in [1.165, 1.54) is 0 Å². The van der Waals surface area contributed by atoms with Crippen molar-refractivity contribution in [2.45, 2.75) is 33.4 Å². The molecule has 1 fully saturated rings. The number of likely N-dealkylation sites (tertiary alicyclic amines) is 1. The minimum absolute atomic E-state index is 0.0285. The number of halogens is 1. The lowest BCUT2D eigenvalue weighted by molar-refractivity contribution is 0.0786. The first kappa shape index (κ1) is 14.3. The summed E-state index contributed by atoms with van der Waals surface area (Å²) in [7, 11) is 0. The number of amides is 1. The van der Waals surface area contributed by atoms with Crippen molar-refractivity contribution in [3.05, 3.63) is 33.8 Å². The van der Waals surface area contributed by atoms with Crippen LogP contribution in [0.1, 0.15) is 34.7 Å². The van der Waals surface area contributed by atoms with Crippen molar-refractivity contribution in [1.82, 2.24) is 24.5 Å². The Morgan fingerprint density at radius 1 is 1.29 bits per heavy atom. The topological polar surface area (TPSA) is 56.0 Å². The molecule has 112 valence electrons. The lowest BCUT2D eigenvalue weighted by atomic mass is 10.4. The zero-order valence-electron chi connectivity index (χ0n) is 12.2. The Morgan fingerprint density at radius 3 is 2.62 bits per heavy atom. The van der Waals surface area contributed by atoms with Gasteiger partial charge < -0.3 is 4.90 Å². The van der Waals surface area contributed by atoms with Crippen molar-refractivity contribution in [2.24, 2.45) is 0 Å². The Morgan fingerprint density at radius 2 is 2.00 bits per heavy atom. The highest BCUT2D eigenvalue weighted by atomic mass is 79.9. The highest BCUT2D eigenvalue weighted by Crippen LogP contribution is 2.19. The zero-order valence-corrected chi connectivity index (χ0v) is 13.8. The molecule has 6 nitrogen and oxygen atoms in total. The molecule has 2 aromatic rings. The number of carbonyl (C=O) groups excluding carboxylic acids is 1. The summed E-state index contributed by atoms with van der Waals surface area (Å²) in [6.45, 7) is 6.15. The summed E-state index contributed by atoms with van der Waals surface area (Å²) in [5, 5.41) is 8.83. The minimum atomic E-state index is 0.0285. The van der Waals surface area contributed by atoms with Crippen molar-refractivity contribution >= 4 is 21.8 Å². The number of hydrogen-bond acceptors (Lipinski definition) is 3. The van der Waals surface area contributed by atoms with Crippen LogP contribution in [0.4, 0.5) is 0 Å². The Labute approximate surface area is 131 Å². The van der Waals surface area contributed by atoms with E-state index in [0.29, 0.717) is 12.4 Å². The van der Waals surface area contributed by atoms with Crippen LogP contribution in [0.15, 0.2) is 16.7 Å². The predicted octanol–water partition coefficient (Wildman–Crippen LogP) is 2.20. The Kier molecular flexibility index (Phi) is 3.84. The summed E-state index contributed by atoms with van der Waals surface area (Å²) in [6.07, 6.45) is 4.01. The largest absolute Gasteiger partial charge is 0.337 e. The number of hydrogen-bond donors (Lipinski definition) is 0. The van der Waals surface area contributed by atoms with Crippen molar-refractivity contribution in [2.75, 3.05) is 13.1 Å². The van der Waals surface area contributed by atoms with Crippen LogP contribution in [0.2, 0.25) is 0 Å². The number of aryl methyl sites for hydroxylation is 1. The van der Waals surface area contributed by atoms with E-state index in [-0.39, 0.29) is 5.91 Å². The van der Waals surface area contributed by atoms with Gasteiger partial charge in [0.05, 0.1) is 15.9 Å². The average molecular weight is 352 g/mol. The van der Waals surface area contributed by atoms with Gasteiger partial charge in [0.15, 0.2) is 0 Å². The first-order valence-corrected chi connectivity index (χ1v) is 7.88. The molecule has 1 aliphatic heterocycles. The van der Waals surface area contributed by atoms with E-state index < -0.39 is 0 Å². The molecule has 0 radical (unpaired) electrons. The minimum Gasteiger partial charge on any atom is -0.337 e. The van der Waals surface area contributed by atoms with Gasteiger partial charge in [0.1, 0.15) is 12.4 Å². The molecular weight excluding hydrogens is 334 g/mol. The molecule has 0 saturated carbocycles. The first-order chi connectivity index (χ1) is 10.1. The number of aromatic nitrogens is 4. The van der Waals surface area contributed by atoms with Gasteiger partial charge in [0.25, 0.3) is 5.91 Å². The smallest absolute Gasteiger partial charge is 0.274 e. The molecule has 0 aliphatic carbocycles. The molecule has 2 aromatic heterocycles. The van der Waals surface area contributed by atoms with Crippen molar-refractivity contribution in [1.29, 1.82) is 0 Å². The van der Waals surface area contributed by atoms with Crippen LogP contribution >= 0.6 is 15.9 Å². The van der Waals surface area contributed by atoms with Gasteiger partial charge in [-0.05, 0) is 48.7 Å². The van der Waals surface area contributed by atoms with E-state index >= 15 is 0 Å². The second kappa shape index (κ2) is 5.63. The molecule has 0 bridgehead atoms. The molecule has 1 saturated heterocycles. The van der Waals surface area contributed by atoms with Gasteiger partial charge in [-0.2, -0.15) is 10.2 Å². The highest BCUT2D eigenvalue weighted by molar-refractivity contribution is 9.10. The maximum atomic E-state index is 12.3. The molecule has 0 spiro atoms. The van der Waals surface area contributed by atoms with Crippen LogP contribution in [-0.2, 0) is 6.67 Å². The van der Waals surface area contributed by atoms with E-state index in [1.54, 1.807) is 10.7 Å². The molecule has 1 amide bonds. The second-order valence-electron chi connectivity index (χ2n) is 5.37. The van der Waals surface area contributed by atoms with Gasteiger partial charge in [-0.1, -0.05) is 0 Å². The third-order valence-electron chi connectivity index (χ3n) is 3.83. The summed E-state index contributed by atoms with van der Waals surface area (Å²) in [6, 6.07) is 1.78. The lowest BCUT2D eigenvalue weighted by Gasteiger charge is -2.12. The molecule has 0 aromatic carbocycles. The summed E-state index contributed by atoms with van der Waals surface area (Å²) in [5.41, 5.74) is 2.51. The van der Waals surface area contributed by atoms with Crippen LogP contribution in [0.25, 0.3) is 0 Å². The van der Waals surface area contributed by atoms with Crippen molar-refractivity contribution in [3.8, 4) is 0 Å². The Bertz CT molecular complexity index is 669. The fourth-order valence-corrected chi connectivity index (χ4v) is 2.87. The first-order valence-electron chi connectivity index (χ1n) is 7.08. The zero-order chi connectivity index (χ0) is 15.0. The van der Waals surface area contributed by atoms with Gasteiger partial charge in [0.2, 0.25) is 0 Å². The van der Waals surface area contributed by atoms with Crippen molar-refractivity contribution in [3.63, 3.8) is 0 Å². The van der Waals surface area contributed by atoms with E-state index in [0.717, 1.165) is 41.8 Å². The van der Waals surface area contributed by atoms with E-state index in [9.17, 15) is 4.79 Å². The Hall–Kier alpha value is -1.63. The molecule has 1 aliphatic rings. The molecule has 7 heteroatoms. The van der Waals surface area contributed by atoms with Crippen LogP contribution in [0, 0.1) is 13.8 Å². The summed E-state index contributed by atoms with van der Waals surface area (Å²) < 4.78 is 4.63. The van der Waals surface area contributed by atoms with Crippen LogP contribution in [-0.4, -0.2) is 43.5 Å². The number of carbonyl (C=O) groups is 1. The van der Waals surface area contributed by atoms with Gasteiger partial charge in [-0.3, -0.25) is 9.48 Å². The predicted molar refractivity (Wildman–Crippen MR) is 82.2 cm³/mol. The quantitative estimate of drug-likeness (QED) is 0.851. The molecule has 21 heavy (non-hydrogen) atoms. The highest BCUT2D eigenvalue weighted by Gasteiger charge is 2.21. The fraction of sp³-hybridized carbons (Fsp3) is 0.500. The summed E-state index contributed by atoms with van der Waals surface area (Å²) in [4.78, 5) is 14.1. The number of rotatable bonds is 3. The van der Waals surface area contributed by atoms with E-state index in [1.807, 2.05) is 29.6 Å². The molecule has 0 atom stereocenters. The van der Waals surface area contributed by atoms with Gasteiger partial charge in [-0.15, -0.1) is 0 Å². The lowest BCUT2D eigenvalue weighted by Crippen LogP contribution is -2.28. The fourth-order valence-electron chi connectivity index (χ4n) is 2.59. The molecule has 3 rings (SSSR count). The van der Waals surface area contributed by atoms with Gasteiger partial charge in [-0.25, -0.2) is 4.68 Å². The van der Waals surface area contributed by atoms with E-state index in [2.05, 4.69) is 26.1 Å². The SMILES string of the molecule is Cc1nn(Cn2ccc(C(=O)N3CCCC3)n2)c(C)c1Br. The number of nitrogens with zero attached hydrogens (tertiary/aromatic N) is 5. The average Bonchev–Trinajstić information content (AvgIpc) is 3.18. The standard InChI is InChI=1S/C14H18BrN5O/c1-10-13(15)11(2)20(16-10)9-19-8-5-12(17-19)14(21)18-6-3-4-7-18/h5,8H,3-4,6-7,9H2,1-2H3. The third kappa shape index (κ3) is 2.74. The monoisotopic (exact) mass is 351 g/mol. The molecule has 0 N–H and O–H groups in total. The van der Waals surface area contributed by atoms with Crippen LogP contribution in [0.5, 0.6) is 0 Å². The summed E-state index contributed by atoms with van der Waals surface area (Å²) in [5.74, 6) is 0.0285. The molecule has 0 unspecified atom stereocenters. The third-order valence-corrected chi connectivity index (χ3v) is 4.97. The van der Waals surface area contributed by atoms with Crippen molar-refractivity contribution < 1.29 is 4.79 Å². The molecular formula is C14H18BrN5O. The van der Waals surface area contributed by atoms with Gasteiger partial charge >= 0.3 is 0 Å². The maximum absolute atomic E-state index is 12.3. The summed E-state index contributed by atoms with van der Waals surface area (Å²) >= 11 is 3.51. The molecule has 3 heterocycles. The second-order valence-corrected chi connectivity index (χ2v) is 6.16.